The lowest BCUT2D eigenvalue weighted by Gasteiger charge is -2.16. The molecule has 3 heteroatoms. The number of nitrogens with one attached hydrogen (secondary N) is 1. The normalized spacial score (nSPS) is 12.3. The summed E-state index contributed by atoms with van der Waals surface area (Å²) in [7, 11) is 1.69. The molecule has 0 aliphatic rings. The SMILES string of the molecule is CCNC(Cc1cccc(OC)c1)c1ccoc1. The summed E-state index contributed by atoms with van der Waals surface area (Å²) >= 11 is 0. The highest BCUT2D eigenvalue weighted by Gasteiger charge is 2.12. The molecule has 18 heavy (non-hydrogen) atoms. The second-order valence-electron chi connectivity index (χ2n) is 4.22. The average Bonchev–Trinajstić information content (AvgIpc) is 2.92. The Labute approximate surface area is 108 Å². The van der Waals surface area contributed by atoms with Gasteiger partial charge in [0.2, 0.25) is 0 Å². The first-order chi connectivity index (χ1) is 8.83. The molecule has 0 saturated carbocycles. The van der Waals surface area contributed by atoms with Crippen molar-refractivity contribution in [3.8, 4) is 5.75 Å². The summed E-state index contributed by atoms with van der Waals surface area (Å²) in [5.41, 5.74) is 2.43. The van der Waals surface area contributed by atoms with Gasteiger partial charge in [0.25, 0.3) is 0 Å². The van der Waals surface area contributed by atoms with Crippen molar-refractivity contribution in [3.05, 3.63) is 54.0 Å². The molecule has 96 valence electrons. The highest BCUT2D eigenvalue weighted by atomic mass is 16.5. The van der Waals surface area contributed by atoms with Gasteiger partial charge < -0.3 is 14.5 Å². The van der Waals surface area contributed by atoms with Crippen LogP contribution in [0.1, 0.15) is 24.1 Å². The van der Waals surface area contributed by atoms with E-state index in [2.05, 4.69) is 24.4 Å². The molecule has 1 N–H and O–H groups in total. The number of likely N-dealkylation sites (N-methyl/N-ethyl adjacent to an activating group) is 1. The Morgan fingerprint density at radius 1 is 1.33 bits per heavy atom. The molecule has 1 heterocycles. The maximum absolute atomic E-state index is 5.25. The van der Waals surface area contributed by atoms with Crippen molar-refractivity contribution >= 4 is 0 Å². The highest BCUT2D eigenvalue weighted by molar-refractivity contribution is 5.30. The Morgan fingerprint density at radius 3 is 2.89 bits per heavy atom. The van der Waals surface area contributed by atoms with Gasteiger partial charge in [-0.1, -0.05) is 19.1 Å². The number of ether oxygens (including phenoxy) is 1. The number of hydrogen-bond acceptors (Lipinski definition) is 3. The van der Waals surface area contributed by atoms with Crippen molar-refractivity contribution in [1.82, 2.24) is 5.32 Å². The summed E-state index contributed by atoms with van der Waals surface area (Å²) < 4.78 is 10.4. The van der Waals surface area contributed by atoms with Gasteiger partial charge in [-0.15, -0.1) is 0 Å². The number of methoxy groups -OCH3 is 1. The third-order valence-electron chi connectivity index (χ3n) is 2.97. The van der Waals surface area contributed by atoms with Crippen molar-refractivity contribution in [2.24, 2.45) is 0 Å². The van der Waals surface area contributed by atoms with E-state index in [9.17, 15) is 0 Å². The summed E-state index contributed by atoms with van der Waals surface area (Å²) in [5.74, 6) is 0.898. The zero-order chi connectivity index (χ0) is 12.8. The van der Waals surface area contributed by atoms with Crippen LogP contribution < -0.4 is 10.1 Å². The van der Waals surface area contributed by atoms with E-state index < -0.39 is 0 Å². The Kier molecular flexibility index (Phi) is 4.42. The van der Waals surface area contributed by atoms with E-state index in [0.29, 0.717) is 0 Å². The Balaban J connectivity index is 2.13. The lowest BCUT2D eigenvalue weighted by Crippen LogP contribution is -2.22. The Morgan fingerprint density at radius 2 is 2.22 bits per heavy atom. The van der Waals surface area contributed by atoms with Crippen molar-refractivity contribution in [2.45, 2.75) is 19.4 Å². The van der Waals surface area contributed by atoms with Crippen LogP contribution in [0.5, 0.6) is 5.75 Å². The maximum Gasteiger partial charge on any atom is 0.119 e. The second-order valence-corrected chi connectivity index (χ2v) is 4.22. The summed E-state index contributed by atoms with van der Waals surface area (Å²) in [6.45, 7) is 3.04. The van der Waals surface area contributed by atoms with Crippen molar-refractivity contribution < 1.29 is 9.15 Å². The molecule has 0 bridgehead atoms. The summed E-state index contributed by atoms with van der Waals surface area (Å²) in [5, 5.41) is 3.47. The van der Waals surface area contributed by atoms with E-state index in [1.54, 1.807) is 19.6 Å². The van der Waals surface area contributed by atoms with Crippen LogP contribution in [0.15, 0.2) is 47.3 Å². The molecule has 0 aliphatic carbocycles. The molecule has 3 nitrogen and oxygen atoms in total. The second kappa shape index (κ2) is 6.26. The van der Waals surface area contributed by atoms with Gasteiger partial charge in [0.15, 0.2) is 0 Å². The minimum Gasteiger partial charge on any atom is -0.497 e. The third-order valence-corrected chi connectivity index (χ3v) is 2.97. The van der Waals surface area contributed by atoms with Crippen LogP contribution in [0, 0.1) is 0 Å². The largest absolute Gasteiger partial charge is 0.497 e. The molecule has 0 aliphatic heterocycles. The molecule has 0 radical (unpaired) electrons. The Hall–Kier alpha value is -1.74. The molecule has 1 atom stereocenters. The molecule has 0 saturated heterocycles. The van der Waals surface area contributed by atoms with Gasteiger partial charge in [0, 0.05) is 11.6 Å². The predicted molar refractivity (Wildman–Crippen MR) is 71.8 cm³/mol. The number of benzene rings is 1. The zero-order valence-corrected chi connectivity index (χ0v) is 10.8. The van der Waals surface area contributed by atoms with Crippen molar-refractivity contribution in [3.63, 3.8) is 0 Å². The van der Waals surface area contributed by atoms with E-state index in [1.165, 1.54) is 11.1 Å². The van der Waals surface area contributed by atoms with Gasteiger partial charge in [-0.05, 0) is 36.7 Å². The van der Waals surface area contributed by atoms with Crippen molar-refractivity contribution in [2.75, 3.05) is 13.7 Å². The van der Waals surface area contributed by atoms with Gasteiger partial charge >= 0.3 is 0 Å². The summed E-state index contributed by atoms with van der Waals surface area (Å²) in [6, 6.07) is 10.5. The quantitative estimate of drug-likeness (QED) is 0.848. The van der Waals surface area contributed by atoms with Gasteiger partial charge in [-0.2, -0.15) is 0 Å². The minimum absolute atomic E-state index is 0.279. The van der Waals surface area contributed by atoms with Crippen LogP contribution in [-0.2, 0) is 6.42 Å². The molecule has 0 amide bonds. The van der Waals surface area contributed by atoms with Gasteiger partial charge in [0.1, 0.15) is 5.75 Å². The molecule has 1 unspecified atom stereocenters. The number of furan rings is 1. The van der Waals surface area contributed by atoms with E-state index >= 15 is 0 Å². The molecule has 0 fully saturated rings. The van der Waals surface area contributed by atoms with Crippen LogP contribution in [0.2, 0.25) is 0 Å². The topological polar surface area (TPSA) is 34.4 Å². The highest BCUT2D eigenvalue weighted by Crippen LogP contribution is 2.21. The number of hydrogen-bond donors (Lipinski definition) is 1. The van der Waals surface area contributed by atoms with Crippen LogP contribution in [0.25, 0.3) is 0 Å². The fourth-order valence-electron chi connectivity index (χ4n) is 2.06. The first-order valence-corrected chi connectivity index (χ1v) is 6.22. The first kappa shape index (κ1) is 12.7. The lowest BCUT2D eigenvalue weighted by molar-refractivity contribution is 0.414. The molecule has 0 spiro atoms. The van der Waals surface area contributed by atoms with Gasteiger partial charge in [-0.25, -0.2) is 0 Å². The smallest absolute Gasteiger partial charge is 0.119 e. The van der Waals surface area contributed by atoms with E-state index in [0.717, 1.165) is 18.7 Å². The van der Waals surface area contributed by atoms with E-state index in [4.69, 9.17) is 9.15 Å². The standard InChI is InChI=1S/C15H19NO2/c1-3-16-15(13-7-8-18-11-13)10-12-5-4-6-14(9-12)17-2/h4-9,11,15-16H,3,10H2,1-2H3. The molecular weight excluding hydrogens is 226 g/mol. The fourth-order valence-corrected chi connectivity index (χ4v) is 2.06. The van der Waals surface area contributed by atoms with Crippen LogP contribution in [-0.4, -0.2) is 13.7 Å². The predicted octanol–water partition coefficient (Wildman–Crippen LogP) is 3.18. The molecule has 1 aromatic carbocycles. The van der Waals surface area contributed by atoms with Crippen LogP contribution in [0.4, 0.5) is 0 Å². The van der Waals surface area contributed by atoms with Crippen molar-refractivity contribution in [1.29, 1.82) is 0 Å². The first-order valence-electron chi connectivity index (χ1n) is 6.22. The van der Waals surface area contributed by atoms with E-state index in [1.807, 2.05) is 18.2 Å². The van der Waals surface area contributed by atoms with Crippen LogP contribution in [0.3, 0.4) is 0 Å². The number of rotatable bonds is 6. The van der Waals surface area contributed by atoms with Gasteiger partial charge in [-0.3, -0.25) is 0 Å². The maximum atomic E-state index is 5.25. The summed E-state index contributed by atoms with van der Waals surface area (Å²) in [4.78, 5) is 0. The average molecular weight is 245 g/mol. The zero-order valence-electron chi connectivity index (χ0n) is 10.8. The van der Waals surface area contributed by atoms with E-state index in [-0.39, 0.29) is 6.04 Å². The summed E-state index contributed by atoms with van der Waals surface area (Å²) in [6.07, 6.45) is 4.43. The minimum atomic E-state index is 0.279. The third kappa shape index (κ3) is 3.14. The van der Waals surface area contributed by atoms with Crippen LogP contribution >= 0.6 is 0 Å². The molecule has 2 aromatic rings. The van der Waals surface area contributed by atoms with Gasteiger partial charge in [0.05, 0.1) is 19.6 Å². The molecule has 1 aromatic heterocycles. The fraction of sp³-hybridized carbons (Fsp3) is 0.333. The molecular formula is C15H19NO2. The lowest BCUT2D eigenvalue weighted by atomic mass is 10.0. The monoisotopic (exact) mass is 245 g/mol. The Bertz CT molecular complexity index is 465. The molecule has 2 rings (SSSR count).